The second-order valence-electron chi connectivity index (χ2n) is 6.47. The van der Waals surface area contributed by atoms with E-state index in [0.29, 0.717) is 5.52 Å². The first kappa shape index (κ1) is 17.8. The zero-order valence-corrected chi connectivity index (χ0v) is 15.0. The molecule has 0 aliphatic carbocycles. The number of hydrogen-bond acceptors (Lipinski definition) is 3. The number of aromatic amines is 2. The van der Waals surface area contributed by atoms with Crippen molar-refractivity contribution in [1.29, 1.82) is 0 Å². The zero-order valence-electron chi connectivity index (χ0n) is 15.0. The minimum atomic E-state index is -0.402. The van der Waals surface area contributed by atoms with Gasteiger partial charge in [-0.1, -0.05) is 43.7 Å². The van der Waals surface area contributed by atoms with E-state index in [1.165, 1.54) is 0 Å². The molecule has 3 aromatic rings. The van der Waals surface area contributed by atoms with Gasteiger partial charge in [0, 0.05) is 5.69 Å². The highest BCUT2D eigenvalue weighted by Gasteiger charge is 2.18. The number of fused-ring (bicyclic) bond motifs is 1. The summed E-state index contributed by atoms with van der Waals surface area (Å²) in [7, 11) is 0. The Morgan fingerprint density at radius 3 is 2.54 bits per heavy atom. The number of carbonyl (C=O) groups is 1. The molecule has 0 fully saturated rings. The molecule has 2 aromatic carbocycles. The smallest absolute Gasteiger partial charge is 0.323 e. The Balaban J connectivity index is 1.68. The van der Waals surface area contributed by atoms with Crippen LogP contribution >= 0.6 is 0 Å². The predicted octanol–water partition coefficient (Wildman–Crippen LogP) is 3.31. The summed E-state index contributed by atoms with van der Waals surface area (Å²) in [5.41, 5.74) is 3.10. The molecule has 2 unspecified atom stereocenters. The lowest BCUT2D eigenvalue weighted by Gasteiger charge is -2.22. The third-order valence-corrected chi connectivity index (χ3v) is 4.39. The van der Waals surface area contributed by atoms with Gasteiger partial charge in [-0.15, -0.1) is 0 Å². The third-order valence-electron chi connectivity index (χ3n) is 4.39. The van der Waals surface area contributed by atoms with Crippen molar-refractivity contribution in [3.05, 3.63) is 64.6 Å². The van der Waals surface area contributed by atoms with Crippen LogP contribution in [0.1, 0.15) is 38.3 Å². The number of hydrogen-bond donors (Lipinski definition) is 4. The summed E-state index contributed by atoms with van der Waals surface area (Å²) in [4.78, 5) is 29.4. The monoisotopic (exact) mass is 352 g/mol. The van der Waals surface area contributed by atoms with Gasteiger partial charge in [-0.3, -0.25) is 4.79 Å². The first-order valence-electron chi connectivity index (χ1n) is 8.90. The largest absolute Gasteiger partial charge is 0.374 e. The van der Waals surface area contributed by atoms with E-state index in [9.17, 15) is 9.59 Å². The van der Waals surface area contributed by atoms with Crippen LogP contribution < -0.4 is 16.3 Å². The number of rotatable bonds is 7. The summed E-state index contributed by atoms with van der Waals surface area (Å²) in [5.74, 6) is -0.0602. The number of carbonyl (C=O) groups excluding carboxylic acids is 1. The fourth-order valence-corrected chi connectivity index (χ4v) is 3.03. The standard InChI is InChI=1S/C20H24N4O2/c1-3-7-16(14-8-5-4-6-9-14)22-19(25)13(2)21-15-10-11-17-18(12-15)24-20(26)23-17/h4-6,8-13,16,21H,3,7H2,1-2H3,(H,22,25)(H2,23,24,26). The van der Waals surface area contributed by atoms with E-state index >= 15 is 0 Å². The van der Waals surface area contributed by atoms with Gasteiger partial charge in [-0.2, -0.15) is 0 Å². The average molecular weight is 352 g/mol. The molecule has 3 rings (SSSR count). The van der Waals surface area contributed by atoms with Gasteiger partial charge in [0.05, 0.1) is 17.1 Å². The molecule has 1 amide bonds. The predicted molar refractivity (Wildman–Crippen MR) is 104 cm³/mol. The molecule has 26 heavy (non-hydrogen) atoms. The molecule has 136 valence electrons. The van der Waals surface area contributed by atoms with Crippen molar-refractivity contribution in [2.75, 3.05) is 5.32 Å². The number of benzene rings is 2. The van der Waals surface area contributed by atoms with Crippen LogP contribution in [0.4, 0.5) is 5.69 Å². The van der Waals surface area contributed by atoms with Crippen LogP contribution in [0.25, 0.3) is 11.0 Å². The fourth-order valence-electron chi connectivity index (χ4n) is 3.03. The van der Waals surface area contributed by atoms with E-state index in [2.05, 4.69) is 27.5 Å². The Labute approximate surface area is 152 Å². The molecule has 2 atom stereocenters. The van der Waals surface area contributed by atoms with Gasteiger partial charge in [-0.05, 0) is 37.1 Å². The summed E-state index contributed by atoms with van der Waals surface area (Å²) in [6.45, 7) is 3.93. The highest BCUT2D eigenvalue weighted by Crippen LogP contribution is 2.19. The minimum Gasteiger partial charge on any atom is -0.374 e. The highest BCUT2D eigenvalue weighted by atomic mass is 16.2. The number of anilines is 1. The van der Waals surface area contributed by atoms with E-state index in [0.717, 1.165) is 29.6 Å². The van der Waals surface area contributed by atoms with Crippen LogP contribution in [0.5, 0.6) is 0 Å². The van der Waals surface area contributed by atoms with Crippen molar-refractivity contribution in [2.45, 2.75) is 38.8 Å². The van der Waals surface area contributed by atoms with Crippen molar-refractivity contribution < 1.29 is 4.79 Å². The highest BCUT2D eigenvalue weighted by molar-refractivity contribution is 5.86. The van der Waals surface area contributed by atoms with Crippen molar-refractivity contribution in [3.8, 4) is 0 Å². The summed E-state index contributed by atoms with van der Waals surface area (Å²) in [6.07, 6.45) is 1.87. The molecule has 4 N–H and O–H groups in total. The molecule has 6 nitrogen and oxygen atoms in total. The number of aromatic nitrogens is 2. The van der Waals surface area contributed by atoms with Crippen molar-refractivity contribution in [1.82, 2.24) is 15.3 Å². The van der Waals surface area contributed by atoms with Gasteiger partial charge >= 0.3 is 5.69 Å². The first-order valence-corrected chi connectivity index (χ1v) is 8.90. The number of H-pyrrole nitrogens is 2. The van der Waals surface area contributed by atoms with Crippen LogP contribution in [0.15, 0.2) is 53.3 Å². The van der Waals surface area contributed by atoms with Crippen LogP contribution in [-0.2, 0) is 4.79 Å². The second kappa shape index (κ2) is 7.91. The topological polar surface area (TPSA) is 89.8 Å². The maximum Gasteiger partial charge on any atom is 0.323 e. The Bertz CT molecular complexity index is 930. The van der Waals surface area contributed by atoms with E-state index in [1.807, 2.05) is 55.5 Å². The van der Waals surface area contributed by atoms with E-state index in [-0.39, 0.29) is 17.6 Å². The van der Waals surface area contributed by atoms with Gasteiger partial charge in [-0.25, -0.2) is 4.79 Å². The first-order chi connectivity index (χ1) is 12.6. The number of nitrogens with one attached hydrogen (secondary N) is 4. The van der Waals surface area contributed by atoms with E-state index in [4.69, 9.17) is 0 Å². The summed E-state index contributed by atoms with van der Waals surface area (Å²) in [6, 6.07) is 15.1. The normalized spacial score (nSPS) is 13.3. The van der Waals surface area contributed by atoms with Gasteiger partial charge in [0.25, 0.3) is 0 Å². The van der Waals surface area contributed by atoms with Crippen LogP contribution in [0, 0.1) is 0 Å². The summed E-state index contributed by atoms with van der Waals surface area (Å²) >= 11 is 0. The Kier molecular flexibility index (Phi) is 5.41. The van der Waals surface area contributed by atoms with Gasteiger partial charge in [0.1, 0.15) is 6.04 Å². The Morgan fingerprint density at radius 2 is 1.81 bits per heavy atom. The van der Waals surface area contributed by atoms with E-state index in [1.54, 1.807) is 0 Å². The lowest BCUT2D eigenvalue weighted by Crippen LogP contribution is -2.39. The van der Waals surface area contributed by atoms with Crippen molar-refractivity contribution in [3.63, 3.8) is 0 Å². The maximum atomic E-state index is 12.6. The molecule has 1 heterocycles. The summed E-state index contributed by atoms with van der Waals surface area (Å²) in [5, 5.41) is 6.32. The van der Waals surface area contributed by atoms with Crippen molar-refractivity contribution >= 4 is 22.6 Å². The SMILES string of the molecule is CCCC(NC(=O)C(C)Nc1ccc2[nH]c(=O)[nH]c2c1)c1ccccc1. The molecule has 1 aromatic heterocycles. The number of amides is 1. The quantitative estimate of drug-likeness (QED) is 0.526. The molecule has 0 radical (unpaired) electrons. The molecule has 0 aliphatic heterocycles. The molecule has 0 bridgehead atoms. The number of imidazole rings is 1. The van der Waals surface area contributed by atoms with E-state index < -0.39 is 6.04 Å². The molecule has 6 heteroatoms. The third kappa shape index (κ3) is 4.14. The minimum absolute atomic E-state index is 0.00135. The molecule has 0 aliphatic rings. The van der Waals surface area contributed by atoms with Crippen LogP contribution in [0.3, 0.4) is 0 Å². The summed E-state index contributed by atoms with van der Waals surface area (Å²) < 4.78 is 0. The van der Waals surface area contributed by atoms with Gasteiger partial charge < -0.3 is 20.6 Å². The maximum absolute atomic E-state index is 12.6. The Morgan fingerprint density at radius 1 is 1.08 bits per heavy atom. The van der Waals surface area contributed by atoms with Crippen molar-refractivity contribution in [2.24, 2.45) is 0 Å². The van der Waals surface area contributed by atoms with Gasteiger partial charge in [0.2, 0.25) is 5.91 Å². The lowest BCUT2D eigenvalue weighted by atomic mass is 10.0. The Hall–Kier alpha value is -3.02. The zero-order chi connectivity index (χ0) is 18.5. The van der Waals surface area contributed by atoms with Gasteiger partial charge in [0.15, 0.2) is 0 Å². The molecule has 0 saturated carbocycles. The average Bonchev–Trinajstić information content (AvgIpc) is 3.01. The molecule has 0 spiro atoms. The molecular weight excluding hydrogens is 328 g/mol. The second-order valence-corrected chi connectivity index (χ2v) is 6.47. The van der Waals surface area contributed by atoms with Crippen LogP contribution in [-0.4, -0.2) is 21.9 Å². The molecule has 0 saturated heterocycles. The lowest BCUT2D eigenvalue weighted by molar-refractivity contribution is -0.122. The fraction of sp³-hybridized carbons (Fsp3) is 0.300. The van der Waals surface area contributed by atoms with Crippen LogP contribution in [0.2, 0.25) is 0 Å². The molecular formula is C20H24N4O2.